The Morgan fingerprint density at radius 1 is 1.14 bits per heavy atom. The molecule has 1 aliphatic rings. The average Bonchev–Trinajstić information content (AvgIpc) is 2.68. The predicted octanol–water partition coefficient (Wildman–Crippen LogP) is 3.48. The first-order valence-corrected chi connectivity index (χ1v) is 7.75. The minimum atomic E-state index is -0.551. The molecule has 1 aliphatic heterocycles. The van der Waals surface area contributed by atoms with Gasteiger partial charge in [-0.3, -0.25) is 4.99 Å². The van der Waals surface area contributed by atoms with Gasteiger partial charge in [0.05, 0.1) is 12.8 Å². The first-order valence-electron chi connectivity index (χ1n) is 6.87. The van der Waals surface area contributed by atoms with Gasteiger partial charge in [-0.05, 0) is 36.2 Å². The number of thioether (sulfide) groups is 1. The minimum Gasteiger partial charge on any atom is -0.497 e. The first kappa shape index (κ1) is 14.2. The predicted molar refractivity (Wildman–Crippen MR) is 86.9 cm³/mol. The van der Waals surface area contributed by atoms with Crippen LogP contribution >= 0.6 is 11.8 Å². The molecule has 2 atom stereocenters. The van der Waals surface area contributed by atoms with Crippen molar-refractivity contribution >= 4 is 23.7 Å². The van der Waals surface area contributed by atoms with Crippen LogP contribution in [0, 0.1) is 0 Å². The van der Waals surface area contributed by atoms with Crippen molar-refractivity contribution in [3.8, 4) is 5.75 Å². The quantitative estimate of drug-likeness (QED) is 0.943. The third kappa shape index (κ3) is 3.28. The van der Waals surface area contributed by atoms with Crippen LogP contribution in [-0.4, -0.2) is 29.8 Å². The van der Waals surface area contributed by atoms with E-state index in [1.54, 1.807) is 25.1 Å². The number of fused-ring (bicyclic) bond motifs is 1. The Kier molecular flexibility index (Phi) is 4.27. The van der Waals surface area contributed by atoms with Crippen LogP contribution in [0.2, 0.25) is 0 Å². The van der Waals surface area contributed by atoms with Crippen molar-refractivity contribution in [2.24, 2.45) is 4.99 Å². The van der Waals surface area contributed by atoms with Crippen LogP contribution in [-0.2, 0) is 6.42 Å². The maximum atomic E-state index is 10.3. The molecule has 21 heavy (non-hydrogen) atoms. The molecule has 0 saturated heterocycles. The molecule has 0 saturated carbocycles. The monoisotopic (exact) mass is 299 g/mol. The maximum absolute atomic E-state index is 10.3. The molecule has 1 heterocycles. The van der Waals surface area contributed by atoms with Gasteiger partial charge < -0.3 is 9.84 Å². The Morgan fingerprint density at radius 2 is 1.90 bits per heavy atom. The van der Waals surface area contributed by atoms with Gasteiger partial charge in [0.1, 0.15) is 11.9 Å². The number of benzene rings is 2. The van der Waals surface area contributed by atoms with E-state index in [0.29, 0.717) is 0 Å². The third-order valence-electron chi connectivity index (χ3n) is 3.49. The minimum absolute atomic E-state index is 0.0609. The summed E-state index contributed by atoms with van der Waals surface area (Å²) >= 11 is 1.68. The van der Waals surface area contributed by atoms with Gasteiger partial charge in [-0.25, -0.2) is 0 Å². The van der Waals surface area contributed by atoms with Crippen molar-refractivity contribution in [3.63, 3.8) is 0 Å². The fourth-order valence-electron chi connectivity index (χ4n) is 2.31. The average molecular weight is 299 g/mol. The van der Waals surface area contributed by atoms with Crippen LogP contribution in [0.3, 0.4) is 0 Å². The number of aliphatic hydroxyl groups excluding tert-OH is 1. The first-order chi connectivity index (χ1) is 10.3. The summed E-state index contributed by atoms with van der Waals surface area (Å²) in [6.45, 7) is 0. The Hall–Kier alpha value is -1.78. The van der Waals surface area contributed by atoms with E-state index in [9.17, 15) is 5.11 Å². The summed E-state index contributed by atoms with van der Waals surface area (Å²) in [7, 11) is 1.66. The molecule has 2 aromatic rings. The van der Waals surface area contributed by atoms with E-state index in [4.69, 9.17) is 4.74 Å². The van der Waals surface area contributed by atoms with Crippen molar-refractivity contribution in [3.05, 3.63) is 54.1 Å². The second kappa shape index (κ2) is 6.33. The highest BCUT2D eigenvalue weighted by Crippen LogP contribution is 2.37. The third-order valence-corrected chi connectivity index (χ3v) is 4.83. The van der Waals surface area contributed by atoms with Crippen molar-refractivity contribution in [1.29, 1.82) is 0 Å². The second-order valence-electron chi connectivity index (χ2n) is 4.94. The Labute approximate surface area is 128 Å². The molecule has 0 fully saturated rings. The van der Waals surface area contributed by atoms with E-state index in [0.717, 1.165) is 22.8 Å². The van der Waals surface area contributed by atoms with Gasteiger partial charge in [0.25, 0.3) is 0 Å². The van der Waals surface area contributed by atoms with Crippen LogP contribution in [0.1, 0.15) is 5.56 Å². The van der Waals surface area contributed by atoms with Gasteiger partial charge in [-0.1, -0.05) is 24.3 Å². The SMILES string of the molecule is COc1ccc(C[C@@H]2Sc3ccccc3N=C[C@@H]2O)cc1. The highest BCUT2D eigenvalue weighted by atomic mass is 32.2. The highest BCUT2D eigenvalue weighted by molar-refractivity contribution is 8.00. The Bertz CT molecular complexity index is 639. The number of nitrogens with zero attached hydrogens (tertiary/aromatic N) is 1. The molecule has 1 N–H and O–H groups in total. The Morgan fingerprint density at radius 3 is 2.67 bits per heavy atom. The lowest BCUT2D eigenvalue weighted by atomic mass is 10.1. The molecular formula is C17H17NO2S. The summed E-state index contributed by atoms with van der Waals surface area (Å²) in [6.07, 6.45) is 1.88. The lowest BCUT2D eigenvalue weighted by Gasteiger charge is -2.18. The summed E-state index contributed by atoms with van der Waals surface area (Å²) in [4.78, 5) is 5.49. The van der Waals surface area contributed by atoms with E-state index in [1.165, 1.54) is 5.56 Å². The summed E-state index contributed by atoms with van der Waals surface area (Å²) in [5.41, 5.74) is 2.11. The number of aliphatic imine (C=N–C) groups is 1. The molecule has 0 spiro atoms. The number of rotatable bonds is 3. The number of hydrogen-bond donors (Lipinski definition) is 1. The number of aliphatic hydroxyl groups is 1. The zero-order chi connectivity index (χ0) is 14.7. The van der Waals surface area contributed by atoms with Crippen LogP contribution < -0.4 is 4.74 Å². The molecule has 0 aromatic heterocycles. The lowest BCUT2D eigenvalue weighted by Crippen LogP contribution is -2.25. The van der Waals surface area contributed by atoms with Crippen LogP contribution in [0.15, 0.2) is 58.4 Å². The standard InChI is InChI=1S/C17H17NO2S/c1-20-13-8-6-12(7-9-13)10-17-15(19)11-18-14-4-2-3-5-16(14)21-17/h2-9,11,15,17,19H,10H2,1H3/t15-,17-/m0/s1. The van der Waals surface area contributed by atoms with E-state index in [1.807, 2.05) is 42.5 Å². The topological polar surface area (TPSA) is 41.8 Å². The van der Waals surface area contributed by atoms with Crippen LogP contribution in [0.5, 0.6) is 5.75 Å². The van der Waals surface area contributed by atoms with Gasteiger partial charge in [-0.2, -0.15) is 0 Å². The van der Waals surface area contributed by atoms with E-state index >= 15 is 0 Å². The van der Waals surface area contributed by atoms with E-state index < -0.39 is 6.10 Å². The zero-order valence-electron chi connectivity index (χ0n) is 11.8. The highest BCUT2D eigenvalue weighted by Gasteiger charge is 2.23. The molecule has 108 valence electrons. The number of hydrogen-bond acceptors (Lipinski definition) is 4. The summed E-state index contributed by atoms with van der Waals surface area (Å²) in [5.74, 6) is 0.847. The molecule has 3 rings (SSSR count). The maximum Gasteiger partial charge on any atom is 0.118 e. The van der Waals surface area contributed by atoms with Crippen LogP contribution in [0.4, 0.5) is 5.69 Å². The molecule has 0 bridgehead atoms. The van der Waals surface area contributed by atoms with E-state index in [2.05, 4.69) is 11.1 Å². The molecule has 2 aromatic carbocycles. The molecule has 0 aliphatic carbocycles. The van der Waals surface area contributed by atoms with Crippen molar-refractivity contribution in [2.45, 2.75) is 22.7 Å². The normalized spacial score (nSPS) is 20.7. The fraction of sp³-hybridized carbons (Fsp3) is 0.235. The molecule has 3 nitrogen and oxygen atoms in total. The summed E-state index contributed by atoms with van der Waals surface area (Å²) in [5, 5.41) is 10.3. The van der Waals surface area contributed by atoms with Gasteiger partial charge in [0.15, 0.2) is 0 Å². The molecule has 0 radical (unpaired) electrons. The fourth-order valence-corrected chi connectivity index (χ4v) is 3.52. The van der Waals surface area contributed by atoms with Crippen molar-refractivity contribution < 1.29 is 9.84 Å². The molecule has 0 amide bonds. The number of methoxy groups -OCH3 is 1. The molecule has 0 unspecified atom stereocenters. The smallest absolute Gasteiger partial charge is 0.118 e. The van der Waals surface area contributed by atoms with Crippen molar-refractivity contribution in [1.82, 2.24) is 0 Å². The van der Waals surface area contributed by atoms with Gasteiger partial charge in [-0.15, -0.1) is 11.8 Å². The van der Waals surface area contributed by atoms with Crippen molar-refractivity contribution in [2.75, 3.05) is 7.11 Å². The number of para-hydroxylation sites is 1. The second-order valence-corrected chi connectivity index (χ2v) is 6.23. The van der Waals surface area contributed by atoms with Gasteiger partial charge in [0.2, 0.25) is 0 Å². The molecule has 4 heteroatoms. The lowest BCUT2D eigenvalue weighted by molar-refractivity contribution is 0.242. The molecular weight excluding hydrogens is 282 g/mol. The largest absolute Gasteiger partial charge is 0.497 e. The summed E-state index contributed by atoms with van der Waals surface area (Å²) < 4.78 is 5.17. The number of ether oxygens (including phenoxy) is 1. The zero-order valence-corrected chi connectivity index (χ0v) is 12.6. The summed E-state index contributed by atoms with van der Waals surface area (Å²) in [6, 6.07) is 16.0. The van der Waals surface area contributed by atoms with Crippen LogP contribution in [0.25, 0.3) is 0 Å². The Balaban J connectivity index is 1.79. The van der Waals surface area contributed by atoms with Gasteiger partial charge >= 0.3 is 0 Å². The van der Waals surface area contributed by atoms with Gasteiger partial charge in [0, 0.05) is 16.4 Å². The van der Waals surface area contributed by atoms with E-state index in [-0.39, 0.29) is 5.25 Å².